The van der Waals surface area contributed by atoms with Gasteiger partial charge in [0.15, 0.2) is 0 Å². The maximum atomic E-state index is 14.7. The molecule has 1 aromatic rings. The summed E-state index contributed by atoms with van der Waals surface area (Å²) in [5.41, 5.74) is 4.09. The summed E-state index contributed by atoms with van der Waals surface area (Å²) in [6, 6.07) is 8.56. The second-order valence-electron chi connectivity index (χ2n) is 8.64. The van der Waals surface area contributed by atoms with E-state index in [0.717, 1.165) is 37.8 Å². The minimum Gasteiger partial charge on any atom is -0.259 e. The molecule has 0 N–H and O–H groups in total. The van der Waals surface area contributed by atoms with Crippen molar-refractivity contribution in [1.82, 2.24) is 5.01 Å². The summed E-state index contributed by atoms with van der Waals surface area (Å²) in [7, 11) is 0. The molecule has 1 aliphatic heterocycles. The third-order valence-electron chi connectivity index (χ3n) is 6.71. The Balaban J connectivity index is 1.84. The molecule has 4 rings (SSSR count). The standard InChI is InChI=1S/C25H30F2N2/c1-4-5-9-19-12-11-18-8-6-7-10-22(18)25(19)16-24(28-29(25)17(2)3)21-15-20(26)13-14-23(21)27/h6-8,10,15,19H,2,4-5,9,11-14,16H2,1,3H3. The predicted molar refractivity (Wildman–Crippen MR) is 115 cm³/mol. The van der Waals surface area contributed by atoms with Gasteiger partial charge in [0.2, 0.25) is 0 Å². The normalized spacial score (nSPS) is 26.5. The number of nitrogens with zero attached hydrogens (tertiary/aromatic N) is 2. The van der Waals surface area contributed by atoms with Crippen LogP contribution in [0.4, 0.5) is 8.78 Å². The predicted octanol–water partition coefficient (Wildman–Crippen LogP) is 7.10. The second-order valence-corrected chi connectivity index (χ2v) is 8.64. The molecule has 1 spiro atoms. The first kappa shape index (κ1) is 20.1. The van der Waals surface area contributed by atoms with Crippen LogP contribution in [0.2, 0.25) is 0 Å². The first-order valence-electron chi connectivity index (χ1n) is 10.8. The summed E-state index contributed by atoms with van der Waals surface area (Å²) < 4.78 is 28.7. The number of allylic oxidation sites excluding steroid dienone is 5. The number of benzene rings is 1. The van der Waals surface area contributed by atoms with E-state index in [2.05, 4.69) is 37.8 Å². The molecule has 29 heavy (non-hydrogen) atoms. The highest BCUT2D eigenvalue weighted by molar-refractivity contribution is 6.05. The van der Waals surface area contributed by atoms with Crippen LogP contribution in [-0.4, -0.2) is 10.7 Å². The van der Waals surface area contributed by atoms with Crippen molar-refractivity contribution in [2.45, 2.75) is 70.8 Å². The van der Waals surface area contributed by atoms with Crippen LogP contribution < -0.4 is 0 Å². The van der Waals surface area contributed by atoms with Crippen LogP contribution in [0.5, 0.6) is 0 Å². The third kappa shape index (κ3) is 3.37. The van der Waals surface area contributed by atoms with Crippen LogP contribution >= 0.6 is 0 Å². The molecule has 1 aromatic carbocycles. The lowest BCUT2D eigenvalue weighted by Crippen LogP contribution is -2.48. The molecular weight excluding hydrogens is 366 g/mol. The summed E-state index contributed by atoms with van der Waals surface area (Å²) in [6.45, 7) is 8.38. The highest BCUT2D eigenvalue weighted by Crippen LogP contribution is 2.53. The average molecular weight is 397 g/mol. The smallest absolute Gasteiger partial charge is 0.110 e. The molecule has 0 radical (unpaired) electrons. The Hall–Kier alpha value is -2.23. The third-order valence-corrected chi connectivity index (χ3v) is 6.71. The number of hydrogen-bond acceptors (Lipinski definition) is 2. The summed E-state index contributed by atoms with van der Waals surface area (Å²) in [4.78, 5) is 0. The Morgan fingerprint density at radius 3 is 2.79 bits per heavy atom. The minimum absolute atomic E-state index is 0.118. The van der Waals surface area contributed by atoms with Gasteiger partial charge >= 0.3 is 0 Å². The number of aryl methyl sites for hydroxylation is 1. The molecule has 0 saturated heterocycles. The fourth-order valence-corrected chi connectivity index (χ4v) is 5.37. The Labute approximate surface area is 172 Å². The fraction of sp³-hybridized carbons (Fsp3) is 0.480. The van der Waals surface area contributed by atoms with Gasteiger partial charge in [0, 0.05) is 30.5 Å². The molecule has 0 bridgehead atoms. The molecule has 2 aliphatic carbocycles. The van der Waals surface area contributed by atoms with E-state index in [0.29, 0.717) is 23.6 Å². The molecule has 4 heteroatoms. The molecule has 0 saturated carbocycles. The van der Waals surface area contributed by atoms with Crippen molar-refractivity contribution < 1.29 is 8.78 Å². The van der Waals surface area contributed by atoms with E-state index in [-0.39, 0.29) is 30.0 Å². The van der Waals surface area contributed by atoms with E-state index in [9.17, 15) is 8.78 Å². The molecule has 2 nitrogen and oxygen atoms in total. The molecule has 2 atom stereocenters. The first-order valence-corrected chi connectivity index (χ1v) is 10.8. The largest absolute Gasteiger partial charge is 0.259 e. The van der Waals surface area contributed by atoms with E-state index in [1.807, 2.05) is 11.9 Å². The van der Waals surface area contributed by atoms with Crippen LogP contribution in [0, 0.1) is 5.92 Å². The van der Waals surface area contributed by atoms with Crippen molar-refractivity contribution >= 4 is 5.71 Å². The number of rotatable bonds is 5. The number of hydrazone groups is 1. The second kappa shape index (κ2) is 7.89. The van der Waals surface area contributed by atoms with Gasteiger partial charge in [-0.2, -0.15) is 5.10 Å². The van der Waals surface area contributed by atoms with Gasteiger partial charge in [-0.1, -0.05) is 50.6 Å². The van der Waals surface area contributed by atoms with E-state index in [1.54, 1.807) is 0 Å². The van der Waals surface area contributed by atoms with Crippen LogP contribution in [-0.2, 0) is 12.0 Å². The maximum Gasteiger partial charge on any atom is 0.110 e. The summed E-state index contributed by atoms with van der Waals surface area (Å²) >= 11 is 0. The summed E-state index contributed by atoms with van der Waals surface area (Å²) in [6.07, 6.45) is 7.73. The number of halogens is 2. The molecule has 0 fully saturated rings. The SMILES string of the molecule is C=C(C)N1N=C(C2=C(F)CCC(F)=C2)CC12c1ccccc1CCC2CCCC. The van der Waals surface area contributed by atoms with Gasteiger partial charge in [-0.25, -0.2) is 8.78 Å². The topological polar surface area (TPSA) is 15.6 Å². The molecule has 154 valence electrons. The van der Waals surface area contributed by atoms with Crippen molar-refractivity contribution in [3.05, 3.63) is 71.0 Å². The summed E-state index contributed by atoms with van der Waals surface area (Å²) in [5, 5.41) is 6.90. The lowest BCUT2D eigenvalue weighted by molar-refractivity contribution is 0.0633. The van der Waals surface area contributed by atoms with Crippen LogP contribution in [0.25, 0.3) is 0 Å². The number of hydrogen-bond donors (Lipinski definition) is 0. The van der Waals surface area contributed by atoms with Crippen molar-refractivity contribution in [2.24, 2.45) is 11.0 Å². The molecule has 0 amide bonds. The Morgan fingerprint density at radius 2 is 2.03 bits per heavy atom. The highest BCUT2D eigenvalue weighted by atomic mass is 19.1. The van der Waals surface area contributed by atoms with Crippen molar-refractivity contribution in [1.29, 1.82) is 0 Å². The van der Waals surface area contributed by atoms with E-state index in [4.69, 9.17) is 5.10 Å². The zero-order valence-electron chi connectivity index (χ0n) is 17.5. The molecule has 0 aromatic heterocycles. The van der Waals surface area contributed by atoms with Crippen molar-refractivity contribution in [2.75, 3.05) is 0 Å². The zero-order valence-corrected chi connectivity index (χ0v) is 17.5. The maximum absolute atomic E-state index is 14.7. The minimum atomic E-state index is -0.361. The van der Waals surface area contributed by atoms with Gasteiger partial charge in [0.1, 0.15) is 11.7 Å². The highest BCUT2D eigenvalue weighted by Gasteiger charge is 2.53. The number of unbranched alkanes of at least 4 members (excludes halogenated alkanes) is 1. The van der Waals surface area contributed by atoms with Gasteiger partial charge in [-0.05, 0) is 49.3 Å². The fourth-order valence-electron chi connectivity index (χ4n) is 5.37. The Kier molecular flexibility index (Phi) is 5.46. The van der Waals surface area contributed by atoms with Crippen molar-refractivity contribution in [3.63, 3.8) is 0 Å². The van der Waals surface area contributed by atoms with Crippen LogP contribution in [0.1, 0.15) is 69.9 Å². The van der Waals surface area contributed by atoms with Gasteiger partial charge in [-0.15, -0.1) is 0 Å². The van der Waals surface area contributed by atoms with Crippen LogP contribution in [0.15, 0.2) is 64.9 Å². The quantitative estimate of drug-likeness (QED) is 0.518. The first-order chi connectivity index (χ1) is 14.0. The van der Waals surface area contributed by atoms with E-state index >= 15 is 0 Å². The molecular formula is C25H30F2N2. The molecule has 1 heterocycles. The summed E-state index contributed by atoms with van der Waals surface area (Å²) in [5.74, 6) is -0.118. The van der Waals surface area contributed by atoms with E-state index in [1.165, 1.54) is 17.2 Å². The average Bonchev–Trinajstić information content (AvgIpc) is 3.11. The lowest BCUT2D eigenvalue weighted by atomic mass is 9.65. The molecule has 3 aliphatic rings. The van der Waals surface area contributed by atoms with E-state index < -0.39 is 0 Å². The molecule has 2 unspecified atom stereocenters. The number of fused-ring (bicyclic) bond motifs is 2. The lowest BCUT2D eigenvalue weighted by Gasteiger charge is -2.48. The van der Waals surface area contributed by atoms with Crippen molar-refractivity contribution in [3.8, 4) is 0 Å². The van der Waals surface area contributed by atoms with Gasteiger partial charge in [0.05, 0.1) is 11.3 Å². The zero-order chi connectivity index (χ0) is 20.6. The monoisotopic (exact) mass is 396 g/mol. The van der Waals surface area contributed by atoms with Gasteiger partial charge in [-0.3, -0.25) is 5.01 Å². The van der Waals surface area contributed by atoms with Gasteiger partial charge < -0.3 is 0 Å². The van der Waals surface area contributed by atoms with Crippen LogP contribution in [0.3, 0.4) is 0 Å². The Morgan fingerprint density at radius 1 is 1.24 bits per heavy atom. The Bertz CT molecular complexity index is 911. The van der Waals surface area contributed by atoms with Gasteiger partial charge in [0.25, 0.3) is 0 Å².